The van der Waals surface area contributed by atoms with Gasteiger partial charge in [-0.25, -0.2) is 0 Å². The average molecular weight is 765 g/mol. The lowest BCUT2D eigenvalue weighted by Crippen LogP contribution is -2.30. The molecule has 0 rings (SSSR count). The van der Waals surface area contributed by atoms with E-state index in [4.69, 9.17) is 14.2 Å². The van der Waals surface area contributed by atoms with Crippen molar-refractivity contribution < 1.29 is 28.6 Å². The van der Waals surface area contributed by atoms with E-state index in [9.17, 15) is 14.4 Å². The Kier molecular flexibility index (Phi) is 40.6. The van der Waals surface area contributed by atoms with Gasteiger partial charge in [0.2, 0.25) is 0 Å². The van der Waals surface area contributed by atoms with Crippen molar-refractivity contribution >= 4 is 17.9 Å². The molecule has 55 heavy (non-hydrogen) atoms. The monoisotopic (exact) mass is 765 g/mol. The van der Waals surface area contributed by atoms with Crippen LogP contribution < -0.4 is 0 Å². The van der Waals surface area contributed by atoms with Crippen molar-refractivity contribution in [2.75, 3.05) is 13.2 Å². The Labute approximate surface area is 337 Å². The minimum absolute atomic E-state index is 0.116. The molecule has 0 spiro atoms. The standard InChI is InChI=1S/C49H80O6/c1-4-7-10-13-16-19-22-23-24-25-28-30-33-36-39-42-48(51)54-45-46(55-49(52)43-40-37-34-31-27-21-18-15-12-9-6-3)44-53-47(50)41-38-35-32-29-26-20-17-14-11-8-5-2/h8-9,11-12,17-22,29,31-32,34,46H,4-7,10,13-16,23-28,30,33,35-45H2,1-3H3/b11-8-,12-9-,20-17-,21-18-,22-19-,32-29-,34-31-. The summed E-state index contributed by atoms with van der Waals surface area (Å²) in [6.07, 6.45) is 54.4. The van der Waals surface area contributed by atoms with Gasteiger partial charge in [0.25, 0.3) is 0 Å². The zero-order chi connectivity index (χ0) is 40.1. The third-order valence-electron chi connectivity index (χ3n) is 8.86. The van der Waals surface area contributed by atoms with E-state index in [-0.39, 0.29) is 44.0 Å². The summed E-state index contributed by atoms with van der Waals surface area (Å²) in [4.78, 5) is 37.6. The van der Waals surface area contributed by atoms with Crippen LogP contribution in [0.15, 0.2) is 85.1 Å². The minimum Gasteiger partial charge on any atom is -0.462 e. The van der Waals surface area contributed by atoms with Gasteiger partial charge in [-0.1, -0.05) is 157 Å². The highest BCUT2D eigenvalue weighted by molar-refractivity contribution is 5.71. The van der Waals surface area contributed by atoms with Gasteiger partial charge in [-0.15, -0.1) is 0 Å². The SMILES string of the molecule is CC/C=C\C/C=C\C/C=C\CCCC(=O)OCC(COC(=O)CCCCCCCCC/C=C\CCCCCC)OC(=O)CCC/C=C\C/C=C\C/C=C\CC. The summed E-state index contributed by atoms with van der Waals surface area (Å²) in [5.74, 6) is -1.04. The molecule has 6 nitrogen and oxygen atoms in total. The molecule has 1 unspecified atom stereocenters. The van der Waals surface area contributed by atoms with Crippen LogP contribution in [0.2, 0.25) is 0 Å². The molecular weight excluding hydrogens is 685 g/mol. The summed E-state index contributed by atoms with van der Waals surface area (Å²) < 4.78 is 16.6. The Morgan fingerprint density at radius 3 is 1.20 bits per heavy atom. The van der Waals surface area contributed by atoms with Crippen LogP contribution in [0.3, 0.4) is 0 Å². The first kappa shape index (κ1) is 51.6. The Morgan fingerprint density at radius 1 is 0.382 bits per heavy atom. The molecule has 0 aliphatic rings. The van der Waals surface area contributed by atoms with Gasteiger partial charge in [0.1, 0.15) is 13.2 Å². The number of carbonyl (C=O) groups excluding carboxylic acids is 3. The maximum atomic E-state index is 12.7. The van der Waals surface area contributed by atoms with Crippen molar-refractivity contribution in [2.45, 2.75) is 194 Å². The number of rotatable bonds is 38. The molecular formula is C49H80O6. The lowest BCUT2D eigenvalue weighted by Gasteiger charge is -2.18. The molecule has 0 radical (unpaired) electrons. The second-order valence-corrected chi connectivity index (χ2v) is 14.2. The topological polar surface area (TPSA) is 78.9 Å². The number of hydrogen-bond acceptors (Lipinski definition) is 6. The zero-order valence-electron chi connectivity index (χ0n) is 35.4. The van der Waals surface area contributed by atoms with E-state index < -0.39 is 6.10 Å². The normalized spacial score (nSPS) is 12.9. The molecule has 0 bridgehead atoms. The fourth-order valence-corrected chi connectivity index (χ4v) is 5.60. The minimum atomic E-state index is -0.822. The summed E-state index contributed by atoms with van der Waals surface area (Å²) in [5, 5.41) is 0. The predicted molar refractivity (Wildman–Crippen MR) is 233 cm³/mol. The Morgan fingerprint density at radius 2 is 0.727 bits per heavy atom. The van der Waals surface area contributed by atoms with Gasteiger partial charge >= 0.3 is 17.9 Å². The summed E-state index contributed by atoms with van der Waals surface area (Å²) in [6.45, 7) is 6.26. The van der Waals surface area contributed by atoms with Crippen molar-refractivity contribution in [3.05, 3.63) is 85.1 Å². The molecule has 6 heteroatoms. The highest BCUT2D eigenvalue weighted by atomic mass is 16.6. The third-order valence-corrected chi connectivity index (χ3v) is 8.86. The quantitative estimate of drug-likeness (QED) is 0.0270. The van der Waals surface area contributed by atoms with Crippen LogP contribution in [0.5, 0.6) is 0 Å². The molecule has 0 aliphatic heterocycles. The van der Waals surface area contributed by atoms with E-state index in [1.165, 1.54) is 64.2 Å². The maximum absolute atomic E-state index is 12.7. The third kappa shape index (κ3) is 41.6. The second kappa shape index (κ2) is 43.3. The van der Waals surface area contributed by atoms with Crippen molar-refractivity contribution in [3.63, 3.8) is 0 Å². The zero-order valence-corrected chi connectivity index (χ0v) is 35.4. The van der Waals surface area contributed by atoms with Crippen LogP contribution in [-0.4, -0.2) is 37.2 Å². The van der Waals surface area contributed by atoms with Crippen molar-refractivity contribution in [1.82, 2.24) is 0 Å². The number of esters is 3. The Hall–Kier alpha value is -3.41. The summed E-state index contributed by atoms with van der Waals surface area (Å²) in [6, 6.07) is 0. The van der Waals surface area contributed by atoms with Crippen molar-refractivity contribution in [3.8, 4) is 0 Å². The molecule has 312 valence electrons. The maximum Gasteiger partial charge on any atom is 0.306 e. The number of hydrogen-bond donors (Lipinski definition) is 0. The molecule has 0 heterocycles. The van der Waals surface area contributed by atoms with E-state index in [1.54, 1.807) is 0 Å². The van der Waals surface area contributed by atoms with Gasteiger partial charge in [0.15, 0.2) is 6.10 Å². The van der Waals surface area contributed by atoms with E-state index in [2.05, 4.69) is 106 Å². The second-order valence-electron chi connectivity index (χ2n) is 14.2. The smallest absolute Gasteiger partial charge is 0.306 e. The van der Waals surface area contributed by atoms with Crippen LogP contribution in [0.25, 0.3) is 0 Å². The molecule has 1 atom stereocenters. The van der Waals surface area contributed by atoms with Gasteiger partial charge in [0.05, 0.1) is 0 Å². The summed E-state index contributed by atoms with van der Waals surface area (Å²) in [7, 11) is 0. The molecule has 0 saturated heterocycles. The molecule has 0 fully saturated rings. The highest BCUT2D eigenvalue weighted by Crippen LogP contribution is 2.12. The molecule has 0 amide bonds. The molecule has 0 saturated carbocycles. The van der Waals surface area contributed by atoms with E-state index >= 15 is 0 Å². The lowest BCUT2D eigenvalue weighted by atomic mass is 10.1. The van der Waals surface area contributed by atoms with Crippen molar-refractivity contribution in [1.29, 1.82) is 0 Å². The number of ether oxygens (including phenoxy) is 3. The average Bonchev–Trinajstić information content (AvgIpc) is 3.18. The fraction of sp³-hybridized carbons (Fsp3) is 0.653. The first-order valence-electron chi connectivity index (χ1n) is 22.1. The molecule has 0 N–H and O–H groups in total. The van der Waals surface area contributed by atoms with Crippen LogP contribution in [-0.2, 0) is 28.6 Å². The van der Waals surface area contributed by atoms with Crippen LogP contribution in [0.4, 0.5) is 0 Å². The van der Waals surface area contributed by atoms with E-state index in [0.29, 0.717) is 19.3 Å². The van der Waals surface area contributed by atoms with E-state index in [0.717, 1.165) is 70.6 Å². The molecule has 0 aromatic rings. The van der Waals surface area contributed by atoms with Gasteiger partial charge in [0, 0.05) is 19.3 Å². The van der Waals surface area contributed by atoms with Crippen LogP contribution >= 0.6 is 0 Å². The van der Waals surface area contributed by atoms with E-state index in [1.807, 2.05) is 0 Å². The predicted octanol–water partition coefficient (Wildman–Crippen LogP) is 14.1. The number of unbranched alkanes of at least 4 members (excludes halogenated alkanes) is 13. The Bertz CT molecular complexity index is 1110. The lowest BCUT2D eigenvalue weighted by molar-refractivity contribution is -0.167. The fourth-order valence-electron chi connectivity index (χ4n) is 5.60. The number of allylic oxidation sites excluding steroid dienone is 14. The molecule has 0 aromatic carbocycles. The first-order valence-corrected chi connectivity index (χ1v) is 22.1. The Balaban J connectivity index is 4.49. The first-order chi connectivity index (χ1) is 27.0. The van der Waals surface area contributed by atoms with Crippen LogP contribution in [0, 0.1) is 0 Å². The van der Waals surface area contributed by atoms with Gasteiger partial charge in [-0.2, -0.15) is 0 Å². The largest absolute Gasteiger partial charge is 0.462 e. The molecule has 0 aliphatic carbocycles. The van der Waals surface area contributed by atoms with Crippen LogP contribution in [0.1, 0.15) is 188 Å². The van der Waals surface area contributed by atoms with Gasteiger partial charge in [-0.05, 0) is 96.3 Å². The van der Waals surface area contributed by atoms with Gasteiger partial charge < -0.3 is 14.2 Å². The number of carbonyl (C=O) groups is 3. The summed E-state index contributed by atoms with van der Waals surface area (Å²) in [5.41, 5.74) is 0. The molecule has 0 aromatic heterocycles. The highest BCUT2D eigenvalue weighted by Gasteiger charge is 2.19. The van der Waals surface area contributed by atoms with Gasteiger partial charge in [-0.3, -0.25) is 14.4 Å². The van der Waals surface area contributed by atoms with Crippen molar-refractivity contribution in [2.24, 2.45) is 0 Å². The summed E-state index contributed by atoms with van der Waals surface area (Å²) >= 11 is 0.